The highest BCUT2D eigenvalue weighted by molar-refractivity contribution is 5.99. The minimum absolute atomic E-state index is 0.119. The molecule has 2 N–H and O–H groups in total. The van der Waals surface area contributed by atoms with E-state index in [1.165, 1.54) is 24.5 Å². The van der Waals surface area contributed by atoms with E-state index in [-0.39, 0.29) is 24.1 Å². The summed E-state index contributed by atoms with van der Waals surface area (Å²) >= 11 is 0. The average Bonchev–Trinajstić information content (AvgIpc) is 3.36. The van der Waals surface area contributed by atoms with Gasteiger partial charge in [0.25, 0.3) is 5.91 Å². The summed E-state index contributed by atoms with van der Waals surface area (Å²) in [7, 11) is 1.71. The van der Waals surface area contributed by atoms with Crippen LogP contribution in [0, 0.1) is 17.5 Å². The number of carbonyl (C=O) groups is 2. The largest absolute Gasteiger partial charge is 0.372 e. The van der Waals surface area contributed by atoms with Crippen LogP contribution < -0.4 is 10.6 Å². The van der Waals surface area contributed by atoms with Crippen LogP contribution in [-0.2, 0) is 11.3 Å². The number of anilines is 1. The summed E-state index contributed by atoms with van der Waals surface area (Å²) in [5.41, 5.74) is 0.810. The van der Waals surface area contributed by atoms with Gasteiger partial charge in [0.05, 0.1) is 11.4 Å². The van der Waals surface area contributed by atoms with Gasteiger partial charge in [-0.2, -0.15) is 5.10 Å². The lowest BCUT2D eigenvalue weighted by Crippen LogP contribution is -2.40. The van der Waals surface area contributed by atoms with Gasteiger partial charge in [-0.25, -0.2) is 27.8 Å². The van der Waals surface area contributed by atoms with Crippen LogP contribution in [0.3, 0.4) is 0 Å². The van der Waals surface area contributed by atoms with Gasteiger partial charge in [-0.1, -0.05) is 24.8 Å². The molecular formula is C28H26F3N7O2. The van der Waals surface area contributed by atoms with Crippen LogP contribution in [0.1, 0.15) is 34.8 Å². The molecule has 206 valence electrons. The van der Waals surface area contributed by atoms with Crippen molar-refractivity contribution in [1.29, 1.82) is 0 Å². The van der Waals surface area contributed by atoms with Crippen molar-refractivity contribution in [3.8, 4) is 11.3 Å². The SMILES string of the molecule is C=CC(=O)N1CCCC(n2nc(-c3ccc(CNC(=O)c4c(F)cccc4F)c(F)c3)c3c(NC)ncnc32)C1. The van der Waals surface area contributed by atoms with E-state index in [0.717, 1.165) is 31.0 Å². The van der Waals surface area contributed by atoms with Crippen LogP contribution in [0.5, 0.6) is 0 Å². The van der Waals surface area contributed by atoms with Crippen molar-refractivity contribution in [2.75, 3.05) is 25.5 Å². The molecule has 0 spiro atoms. The molecule has 1 aliphatic heterocycles. The number of benzene rings is 2. The minimum atomic E-state index is -1.01. The number of halogens is 3. The Kier molecular flexibility index (Phi) is 7.50. The molecule has 2 aromatic carbocycles. The van der Waals surface area contributed by atoms with Crippen LogP contribution in [-0.4, -0.2) is 56.6 Å². The molecule has 3 heterocycles. The molecule has 0 saturated carbocycles. The smallest absolute Gasteiger partial charge is 0.257 e. The van der Waals surface area contributed by atoms with Crippen molar-refractivity contribution < 1.29 is 22.8 Å². The van der Waals surface area contributed by atoms with E-state index in [0.29, 0.717) is 41.2 Å². The molecule has 2 aromatic heterocycles. The zero-order valence-electron chi connectivity index (χ0n) is 21.6. The molecule has 0 bridgehead atoms. The predicted octanol–water partition coefficient (Wildman–Crippen LogP) is 4.23. The lowest BCUT2D eigenvalue weighted by molar-refractivity contribution is -0.127. The maximum atomic E-state index is 15.2. The van der Waals surface area contributed by atoms with Crippen LogP contribution in [0.4, 0.5) is 19.0 Å². The maximum Gasteiger partial charge on any atom is 0.257 e. The second-order valence-corrected chi connectivity index (χ2v) is 9.33. The highest BCUT2D eigenvalue weighted by Crippen LogP contribution is 2.35. The Morgan fingerprint density at radius 1 is 1.12 bits per heavy atom. The number of amides is 2. The quantitative estimate of drug-likeness (QED) is 0.335. The van der Waals surface area contributed by atoms with Crippen molar-refractivity contribution in [3.05, 3.63) is 84.0 Å². The molecule has 0 radical (unpaired) electrons. The number of hydrogen-bond donors (Lipinski definition) is 2. The van der Waals surface area contributed by atoms with Gasteiger partial charge in [-0.3, -0.25) is 9.59 Å². The Labute approximate surface area is 227 Å². The van der Waals surface area contributed by atoms with Gasteiger partial charge in [0, 0.05) is 37.8 Å². The summed E-state index contributed by atoms with van der Waals surface area (Å²) < 4.78 is 44.8. The van der Waals surface area contributed by atoms with Crippen LogP contribution in [0.2, 0.25) is 0 Å². The average molecular weight is 550 g/mol. The second kappa shape index (κ2) is 11.2. The van der Waals surface area contributed by atoms with E-state index in [9.17, 15) is 18.4 Å². The predicted molar refractivity (Wildman–Crippen MR) is 143 cm³/mol. The number of hydrogen-bond acceptors (Lipinski definition) is 6. The molecule has 12 heteroatoms. The summed E-state index contributed by atoms with van der Waals surface area (Å²) in [6.45, 7) is 4.34. The Morgan fingerprint density at radius 2 is 1.90 bits per heavy atom. The van der Waals surface area contributed by atoms with Crippen LogP contribution >= 0.6 is 0 Å². The third-order valence-corrected chi connectivity index (χ3v) is 6.91. The lowest BCUT2D eigenvalue weighted by Gasteiger charge is -2.32. The topological polar surface area (TPSA) is 105 Å². The van der Waals surface area contributed by atoms with Crippen LogP contribution in [0.15, 0.2) is 55.4 Å². The molecule has 1 aliphatic rings. The number of rotatable bonds is 7. The van der Waals surface area contributed by atoms with Gasteiger partial charge < -0.3 is 15.5 Å². The number of piperidine rings is 1. The highest BCUT2D eigenvalue weighted by atomic mass is 19.1. The molecule has 5 rings (SSSR count). The van der Waals surface area contributed by atoms with Crippen molar-refractivity contribution in [2.45, 2.75) is 25.4 Å². The highest BCUT2D eigenvalue weighted by Gasteiger charge is 2.28. The number of carbonyl (C=O) groups excluding carboxylic acids is 2. The third kappa shape index (κ3) is 4.99. The van der Waals surface area contributed by atoms with Gasteiger partial charge in [0.1, 0.15) is 40.9 Å². The Hall–Kier alpha value is -4.74. The maximum absolute atomic E-state index is 15.2. The van der Waals surface area contributed by atoms with Crippen molar-refractivity contribution in [1.82, 2.24) is 30.0 Å². The standard InChI is InChI=1S/C28H26F3N7O2/c1-3-22(39)37-11-5-6-18(14-37)38-27-24(26(32-2)34-15-35-27)25(36-38)16-9-10-17(21(31)12-16)13-33-28(40)23-19(29)7-4-8-20(23)30/h3-4,7-10,12,15,18H,1,5-6,11,13-14H2,2H3,(H,33,40)(H,32,34,35). The van der Waals surface area contributed by atoms with E-state index in [1.807, 2.05) is 0 Å². The third-order valence-electron chi connectivity index (χ3n) is 6.91. The minimum Gasteiger partial charge on any atom is -0.372 e. The second-order valence-electron chi connectivity index (χ2n) is 9.33. The first-order chi connectivity index (χ1) is 19.3. The molecule has 1 atom stereocenters. The molecule has 1 fully saturated rings. The van der Waals surface area contributed by atoms with Gasteiger partial charge in [-0.15, -0.1) is 0 Å². The zero-order valence-corrected chi connectivity index (χ0v) is 21.6. The first-order valence-electron chi connectivity index (χ1n) is 12.7. The number of fused-ring (bicyclic) bond motifs is 1. The Morgan fingerprint density at radius 3 is 2.60 bits per heavy atom. The molecule has 0 aliphatic carbocycles. The molecule has 4 aromatic rings. The number of aromatic nitrogens is 4. The molecule has 2 amide bonds. The van der Waals surface area contributed by atoms with E-state index in [1.54, 1.807) is 22.7 Å². The molecule has 1 saturated heterocycles. The van der Waals surface area contributed by atoms with Gasteiger partial charge in [0.15, 0.2) is 5.65 Å². The first kappa shape index (κ1) is 26.9. The van der Waals surface area contributed by atoms with Gasteiger partial charge in [0.2, 0.25) is 5.91 Å². The number of likely N-dealkylation sites (tertiary alicyclic amines) is 1. The van der Waals surface area contributed by atoms with E-state index >= 15 is 4.39 Å². The summed E-state index contributed by atoms with van der Waals surface area (Å²) in [6, 6.07) is 7.33. The Bertz CT molecular complexity index is 1600. The van der Waals surface area contributed by atoms with Gasteiger partial charge in [-0.05, 0) is 37.1 Å². The van der Waals surface area contributed by atoms with Crippen LogP contribution in [0.25, 0.3) is 22.3 Å². The number of nitrogens with one attached hydrogen (secondary N) is 2. The van der Waals surface area contributed by atoms with E-state index in [2.05, 4.69) is 27.2 Å². The molecule has 9 nitrogen and oxygen atoms in total. The summed E-state index contributed by atoms with van der Waals surface area (Å²) in [6.07, 6.45) is 4.24. The lowest BCUT2D eigenvalue weighted by atomic mass is 10.1. The fourth-order valence-electron chi connectivity index (χ4n) is 4.92. The monoisotopic (exact) mass is 549 g/mol. The fraction of sp³-hybridized carbons (Fsp3) is 0.250. The summed E-state index contributed by atoms with van der Waals surface area (Å²) in [5, 5.41) is 10.8. The van der Waals surface area contributed by atoms with E-state index < -0.39 is 28.9 Å². The van der Waals surface area contributed by atoms with Crippen molar-refractivity contribution in [3.63, 3.8) is 0 Å². The van der Waals surface area contributed by atoms with Crippen molar-refractivity contribution in [2.24, 2.45) is 0 Å². The van der Waals surface area contributed by atoms with Crippen molar-refractivity contribution >= 4 is 28.7 Å². The summed E-state index contributed by atoms with van der Waals surface area (Å²) in [4.78, 5) is 35.1. The molecular weight excluding hydrogens is 523 g/mol. The number of nitrogens with zero attached hydrogens (tertiary/aromatic N) is 5. The zero-order chi connectivity index (χ0) is 28.4. The molecule has 40 heavy (non-hydrogen) atoms. The normalized spacial score (nSPS) is 15.2. The first-order valence-corrected chi connectivity index (χ1v) is 12.7. The Balaban J connectivity index is 1.46. The van der Waals surface area contributed by atoms with E-state index in [4.69, 9.17) is 5.10 Å². The fourth-order valence-corrected chi connectivity index (χ4v) is 4.92. The van der Waals surface area contributed by atoms with Gasteiger partial charge >= 0.3 is 0 Å². The summed E-state index contributed by atoms with van der Waals surface area (Å²) in [5.74, 6) is -3.30. The molecule has 1 unspecified atom stereocenters.